The van der Waals surface area contributed by atoms with Crippen LogP contribution in [-0.2, 0) is 0 Å². The molecule has 0 saturated carbocycles. The van der Waals surface area contributed by atoms with Crippen molar-refractivity contribution < 1.29 is 4.79 Å². The Bertz CT molecular complexity index is 981. The first-order chi connectivity index (χ1) is 13.8. The van der Waals surface area contributed by atoms with Crippen LogP contribution in [0.3, 0.4) is 0 Å². The number of carbonyl (C=O) groups is 1. The van der Waals surface area contributed by atoms with Crippen molar-refractivity contribution in [3.63, 3.8) is 0 Å². The molecule has 3 aromatic rings. The zero-order valence-electron chi connectivity index (χ0n) is 17.4. The number of hydrogen-bond donors (Lipinski definition) is 2. The Hall–Kier alpha value is -3.61. The van der Waals surface area contributed by atoms with Gasteiger partial charge in [-0.2, -0.15) is 0 Å². The Balaban J connectivity index is 1.74. The third-order valence-electron chi connectivity index (χ3n) is 4.37. The summed E-state index contributed by atoms with van der Waals surface area (Å²) in [7, 11) is 7.93. The van der Waals surface area contributed by atoms with Gasteiger partial charge in [-0.3, -0.25) is 4.79 Å². The maximum absolute atomic E-state index is 12.7. The largest absolute Gasteiger partial charge is 0.378 e. The van der Waals surface area contributed by atoms with E-state index in [1.807, 2.05) is 86.5 Å². The molecule has 2 N–H and O–H groups in total. The van der Waals surface area contributed by atoms with Gasteiger partial charge in [-0.15, -0.1) is 0 Å². The van der Waals surface area contributed by atoms with Crippen molar-refractivity contribution in [1.29, 1.82) is 0 Å². The monoisotopic (exact) mass is 390 g/mol. The number of aromatic nitrogens is 2. The first-order valence-electron chi connectivity index (χ1n) is 9.30. The van der Waals surface area contributed by atoms with Crippen LogP contribution >= 0.6 is 0 Å². The first kappa shape index (κ1) is 20.1. The maximum Gasteiger partial charge on any atom is 0.274 e. The SMILES string of the molecule is Cc1nc(Nc2ccc(N(C)C)cc2)cc(C(=O)Nc2ccc(N(C)C)cc2)n1. The van der Waals surface area contributed by atoms with Crippen LogP contribution in [0.1, 0.15) is 16.3 Å². The molecule has 0 unspecified atom stereocenters. The van der Waals surface area contributed by atoms with Gasteiger partial charge >= 0.3 is 0 Å². The van der Waals surface area contributed by atoms with Gasteiger partial charge in [0.2, 0.25) is 0 Å². The summed E-state index contributed by atoms with van der Waals surface area (Å²) in [6, 6.07) is 17.3. The van der Waals surface area contributed by atoms with Crippen LogP contribution in [0, 0.1) is 6.92 Å². The molecule has 0 radical (unpaired) electrons. The second kappa shape index (κ2) is 8.60. The van der Waals surface area contributed by atoms with Gasteiger partial charge in [0.15, 0.2) is 0 Å². The Morgan fingerprint density at radius 1 is 0.793 bits per heavy atom. The van der Waals surface area contributed by atoms with E-state index in [4.69, 9.17) is 0 Å². The predicted molar refractivity (Wildman–Crippen MR) is 120 cm³/mol. The number of amides is 1. The molecule has 1 aromatic heterocycles. The number of nitrogens with zero attached hydrogens (tertiary/aromatic N) is 4. The van der Waals surface area contributed by atoms with E-state index in [1.54, 1.807) is 13.0 Å². The molecule has 7 heteroatoms. The molecular formula is C22H26N6O. The molecule has 0 spiro atoms. The average Bonchev–Trinajstić information content (AvgIpc) is 2.68. The summed E-state index contributed by atoms with van der Waals surface area (Å²) in [6.07, 6.45) is 0. The van der Waals surface area contributed by atoms with Crippen molar-refractivity contribution in [1.82, 2.24) is 9.97 Å². The summed E-state index contributed by atoms with van der Waals surface area (Å²) in [5, 5.41) is 6.12. The van der Waals surface area contributed by atoms with E-state index >= 15 is 0 Å². The van der Waals surface area contributed by atoms with Gasteiger partial charge in [0.25, 0.3) is 5.91 Å². The lowest BCUT2D eigenvalue weighted by Crippen LogP contribution is -2.15. The van der Waals surface area contributed by atoms with Crippen LogP contribution in [0.4, 0.5) is 28.6 Å². The first-order valence-corrected chi connectivity index (χ1v) is 9.30. The summed E-state index contributed by atoms with van der Waals surface area (Å²) in [5.74, 6) is 0.815. The summed E-state index contributed by atoms with van der Waals surface area (Å²) >= 11 is 0. The predicted octanol–water partition coefficient (Wildman–Crippen LogP) is 3.91. The summed E-state index contributed by atoms with van der Waals surface area (Å²) in [5.41, 5.74) is 4.08. The number of aryl methyl sites for hydroxylation is 1. The normalized spacial score (nSPS) is 10.4. The molecule has 0 aliphatic heterocycles. The lowest BCUT2D eigenvalue weighted by molar-refractivity contribution is 0.102. The highest BCUT2D eigenvalue weighted by atomic mass is 16.1. The molecule has 1 amide bonds. The van der Waals surface area contributed by atoms with Crippen LogP contribution in [0.2, 0.25) is 0 Å². The summed E-state index contributed by atoms with van der Waals surface area (Å²) < 4.78 is 0. The zero-order valence-corrected chi connectivity index (χ0v) is 17.4. The fourth-order valence-corrected chi connectivity index (χ4v) is 2.78. The molecule has 29 heavy (non-hydrogen) atoms. The molecule has 0 fully saturated rings. The lowest BCUT2D eigenvalue weighted by atomic mass is 10.2. The zero-order chi connectivity index (χ0) is 21.0. The Morgan fingerprint density at radius 3 is 1.83 bits per heavy atom. The number of rotatable bonds is 6. The summed E-state index contributed by atoms with van der Waals surface area (Å²) in [6.45, 7) is 1.77. The average molecular weight is 390 g/mol. The fraction of sp³-hybridized carbons (Fsp3) is 0.227. The third kappa shape index (κ3) is 5.22. The molecule has 0 aliphatic rings. The molecule has 3 rings (SSSR count). The van der Waals surface area contributed by atoms with Crippen molar-refractivity contribution in [2.45, 2.75) is 6.92 Å². The van der Waals surface area contributed by atoms with E-state index in [0.717, 1.165) is 17.1 Å². The van der Waals surface area contributed by atoms with Crippen LogP contribution in [-0.4, -0.2) is 44.1 Å². The van der Waals surface area contributed by atoms with Crippen molar-refractivity contribution in [3.8, 4) is 0 Å². The molecule has 7 nitrogen and oxygen atoms in total. The molecule has 0 bridgehead atoms. The van der Waals surface area contributed by atoms with Crippen LogP contribution in [0.25, 0.3) is 0 Å². The molecule has 150 valence electrons. The van der Waals surface area contributed by atoms with Gasteiger partial charge in [-0.05, 0) is 55.5 Å². The van der Waals surface area contributed by atoms with Crippen molar-refractivity contribution in [2.75, 3.05) is 48.6 Å². The summed E-state index contributed by atoms with van der Waals surface area (Å²) in [4.78, 5) is 25.4. The van der Waals surface area contributed by atoms with Gasteiger partial charge < -0.3 is 20.4 Å². The van der Waals surface area contributed by atoms with Gasteiger partial charge in [-0.25, -0.2) is 9.97 Å². The molecule has 2 aromatic carbocycles. The Labute approximate surface area is 171 Å². The highest BCUT2D eigenvalue weighted by molar-refractivity contribution is 6.03. The second-order valence-corrected chi connectivity index (χ2v) is 7.15. The number of anilines is 5. The smallest absolute Gasteiger partial charge is 0.274 e. The number of nitrogens with one attached hydrogen (secondary N) is 2. The molecule has 0 atom stereocenters. The van der Waals surface area contributed by atoms with Crippen molar-refractivity contribution >= 4 is 34.5 Å². The quantitative estimate of drug-likeness (QED) is 0.665. The van der Waals surface area contributed by atoms with E-state index in [-0.39, 0.29) is 5.91 Å². The van der Waals surface area contributed by atoms with Crippen LogP contribution in [0.15, 0.2) is 54.6 Å². The number of benzene rings is 2. The minimum absolute atomic E-state index is 0.279. The van der Waals surface area contributed by atoms with Crippen LogP contribution < -0.4 is 20.4 Å². The highest BCUT2D eigenvalue weighted by Crippen LogP contribution is 2.20. The van der Waals surface area contributed by atoms with E-state index in [0.29, 0.717) is 23.0 Å². The second-order valence-electron chi connectivity index (χ2n) is 7.15. The van der Waals surface area contributed by atoms with E-state index in [1.165, 1.54) is 0 Å². The minimum Gasteiger partial charge on any atom is -0.378 e. The number of carbonyl (C=O) groups excluding carboxylic acids is 1. The van der Waals surface area contributed by atoms with E-state index in [9.17, 15) is 4.79 Å². The van der Waals surface area contributed by atoms with E-state index < -0.39 is 0 Å². The van der Waals surface area contributed by atoms with Crippen LogP contribution in [0.5, 0.6) is 0 Å². The topological polar surface area (TPSA) is 73.4 Å². The molecule has 0 saturated heterocycles. The van der Waals surface area contributed by atoms with E-state index in [2.05, 4.69) is 20.6 Å². The van der Waals surface area contributed by atoms with Crippen molar-refractivity contribution in [3.05, 3.63) is 66.1 Å². The lowest BCUT2D eigenvalue weighted by Gasteiger charge is -2.14. The molecular weight excluding hydrogens is 364 g/mol. The number of hydrogen-bond acceptors (Lipinski definition) is 6. The standard InChI is InChI=1S/C22H26N6O/c1-15-23-20(22(29)26-17-8-12-19(13-9-17)28(4)5)14-21(24-15)25-16-6-10-18(11-7-16)27(2)3/h6-14H,1-5H3,(H,26,29)(H,23,24,25). The third-order valence-corrected chi connectivity index (χ3v) is 4.37. The molecule has 1 heterocycles. The molecule has 0 aliphatic carbocycles. The Kier molecular flexibility index (Phi) is 5.97. The van der Waals surface area contributed by atoms with Gasteiger partial charge in [0.05, 0.1) is 0 Å². The van der Waals surface area contributed by atoms with Gasteiger partial charge in [0.1, 0.15) is 17.3 Å². The Morgan fingerprint density at radius 2 is 1.31 bits per heavy atom. The minimum atomic E-state index is -0.279. The van der Waals surface area contributed by atoms with Crippen molar-refractivity contribution in [2.24, 2.45) is 0 Å². The van der Waals surface area contributed by atoms with Gasteiger partial charge in [-0.1, -0.05) is 0 Å². The van der Waals surface area contributed by atoms with Gasteiger partial charge in [0, 0.05) is 57.0 Å². The maximum atomic E-state index is 12.7. The highest BCUT2D eigenvalue weighted by Gasteiger charge is 2.11. The fourth-order valence-electron chi connectivity index (χ4n) is 2.78.